The second-order valence-electron chi connectivity index (χ2n) is 15.2. The van der Waals surface area contributed by atoms with Crippen LogP contribution in [0.25, 0.3) is 0 Å². The maximum atomic E-state index is 14.3. The number of nitrogens with zero attached hydrogens (tertiary/aromatic N) is 1. The Morgan fingerprint density at radius 2 is 1.81 bits per heavy atom. The standard InChI is InChI=1S/C43H60N4O11/c1-7-57-37(51)20-11-14-27(4)36-19-10-8-9-18-35(50)29(6)39(52)32(22-21-28(5)48)40(53)45-38(26(2)3)41(54)44-34(25-30-15-12-16-31(49)24-30)42(55)47-23-13-17-33(46-47)43(56)58-36/h8-12,14-16,18,20,24,26,29,32-36,38-39,46,49-50,52H,7,13,17,19,21-23,25H2,1-6H3,(H,44,54)(H,45,53)/t29-,32+,33?,34-,35-,36-,38-,39+/m0/s1. The summed E-state index contributed by atoms with van der Waals surface area (Å²) in [6, 6.07) is 2.89. The average molecular weight is 809 g/mol. The van der Waals surface area contributed by atoms with Crippen LogP contribution in [0, 0.1) is 17.8 Å². The molecule has 3 rings (SSSR count). The first kappa shape index (κ1) is 47.3. The summed E-state index contributed by atoms with van der Waals surface area (Å²) < 4.78 is 10.9. The summed E-state index contributed by atoms with van der Waals surface area (Å²) in [7, 11) is 0. The third kappa shape index (κ3) is 14.7. The normalized spacial score (nSPS) is 27.3. The lowest BCUT2D eigenvalue weighted by molar-refractivity contribution is -0.156. The van der Waals surface area contributed by atoms with E-state index in [1.165, 1.54) is 42.3 Å². The lowest BCUT2D eigenvalue weighted by atomic mass is 9.84. The molecule has 2 aliphatic heterocycles. The highest BCUT2D eigenvalue weighted by Crippen LogP contribution is 2.24. The molecule has 0 saturated carbocycles. The number of ketones is 1. The molecule has 0 aromatic heterocycles. The van der Waals surface area contributed by atoms with Gasteiger partial charge >= 0.3 is 11.9 Å². The van der Waals surface area contributed by atoms with Gasteiger partial charge in [0.15, 0.2) is 0 Å². The van der Waals surface area contributed by atoms with E-state index in [0.717, 1.165) is 0 Å². The number of Topliss-reactive ketones (excluding diaryl/α,β-unsaturated/α-hetero) is 1. The summed E-state index contributed by atoms with van der Waals surface area (Å²) in [5.41, 5.74) is 4.11. The van der Waals surface area contributed by atoms with Crippen molar-refractivity contribution in [1.82, 2.24) is 21.1 Å². The first-order chi connectivity index (χ1) is 27.5. The zero-order valence-electron chi connectivity index (χ0n) is 34.3. The van der Waals surface area contributed by atoms with Crippen LogP contribution >= 0.6 is 0 Å². The zero-order chi connectivity index (χ0) is 42.9. The summed E-state index contributed by atoms with van der Waals surface area (Å²) >= 11 is 0. The van der Waals surface area contributed by atoms with Gasteiger partial charge in [-0.3, -0.25) is 24.2 Å². The molecule has 1 aromatic carbocycles. The number of rotatable bonds is 10. The van der Waals surface area contributed by atoms with Gasteiger partial charge < -0.3 is 40.2 Å². The van der Waals surface area contributed by atoms with Gasteiger partial charge in [-0.1, -0.05) is 69.4 Å². The average Bonchev–Trinajstić information content (AvgIpc) is 3.17. The fourth-order valence-electron chi connectivity index (χ4n) is 6.62. The number of aliphatic hydroxyl groups excluding tert-OH is 2. The van der Waals surface area contributed by atoms with Crippen LogP contribution in [-0.4, -0.2) is 105 Å². The number of aliphatic hydroxyl groups is 2. The van der Waals surface area contributed by atoms with Gasteiger partial charge in [0.2, 0.25) is 11.8 Å². The minimum atomic E-state index is -1.42. The number of allylic oxidation sites excluding steroid dienone is 4. The summed E-state index contributed by atoms with van der Waals surface area (Å²) in [5.74, 6) is -5.94. The Balaban J connectivity index is 2.07. The SMILES string of the molecule is CCOC(=O)C=CC=C(C)[C@@H]1CC=CC=C[C@H](O)[C@H](C)[C@@H](O)[C@@H](CCC(C)=O)C(=O)N[C@@H](C(C)C)C(=O)N[C@@H](Cc2cccc(O)c2)C(=O)N2CCCC(N2)C(=O)O1. The molecule has 6 N–H and O–H groups in total. The molecule has 318 valence electrons. The number of cyclic esters (lactones) is 1. The van der Waals surface area contributed by atoms with E-state index >= 15 is 0 Å². The van der Waals surface area contributed by atoms with Gasteiger partial charge in [-0.2, -0.15) is 0 Å². The molecule has 1 fully saturated rings. The van der Waals surface area contributed by atoms with Gasteiger partial charge in [-0.05, 0) is 69.2 Å². The summed E-state index contributed by atoms with van der Waals surface area (Å²) in [4.78, 5) is 79.8. The van der Waals surface area contributed by atoms with E-state index in [9.17, 15) is 44.1 Å². The third-order valence-electron chi connectivity index (χ3n) is 10.1. The fourth-order valence-corrected chi connectivity index (χ4v) is 6.62. The molecule has 2 heterocycles. The van der Waals surface area contributed by atoms with Gasteiger partial charge in [0.25, 0.3) is 5.91 Å². The van der Waals surface area contributed by atoms with Gasteiger partial charge in [0.1, 0.15) is 35.8 Å². The fraction of sp³-hybridized carbons (Fsp3) is 0.535. The second-order valence-corrected chi connectivity index (χ2v) is 15.2. The first-order valence-electron chi connectivity index (χ1n) is 19.9. The van der Waals surface area contributed by atoms with Crippen molar-refractivity contribution in [2.75, 3.05) is 13.2 Å². The minimum absolute atomic E-state index is 0.0301. The number of hydrazine groups is 1. The minimum Gasteiger partial charge on any atom is -0.508 e. The number of phenols is 1. The molecular formula is C43H60N4O11. The topological polar surface area (TPSA) is 221 Å². The zero-order valence-corrected chi connectivity index (χ0v) is 34.3. The quantitative estimate of drug-likeness (QED) is 0.114. The number of ether oxygens (including phenoxy) is 2. The molecule has 58 heavy (non-hydrogen) atoms. The molecule has 1 aromatic rings. The lowest BCUT2D eigenvalue weighted by Gasteiger charge is -2.36. The number of phenolic OH excluding ortho intramolecular Hbond substituents is 1. The van der Waals surface area contributed by atoms with Crippen molar-refractivity contribution in [3.63, 3.8) is 0 Å². The number of hydrogen-bond acceptors (Lipinski definition) is 12. The van der Waals surface area contributed by atoms with Crippen molar-refractivity contribution >= 4 is 35.4 Å². The lowest BCUT2D eigenvalue weighted by Crippen LogP contribution is -2.62. The number of carbonyl (C=O) groups excluding carboxylic acids is 6. The van der Waals surface area contributed by atoms with Crippen molar-refractivity contribution in [2.45, 2.75) is 117 Å². The van der Waals surface area contributed by atoms with Crippen LogP contribution in [0.4, 0.5) is 0 Å². The highest BCUT2D eigenvalue weighted by molar-refractivity contribution is 5.93. The number of esters is 2. The van der Waals surface area contributed by atoms with Crippen LogP contribution in [0.15, 0.2) is 72.4 Å². The number of benzene rings is 1. The van der Waals surface area contributed by atoms with Crippen molar-refractivity contribution in [3.05, 3.63) is 77.9 Å². The monoisotopic (exact) mass is 808 g/mol. The summed E-state index contributed by atoms with van der Waals surface area (Å²) in [6.45, 7) is 10.2. The maximum Gasteiger partial charge on any atom is 0.330 e. The molecule has 8 atom stereocenters. The largest absolute Gasteiger partial charge is 0.508 e. The first-order valence-corrected chi connectivity index (χ1v) is 19.9. The van der Waals surface area contributed by atoms with E-state index in [2.05, 4.69) is 16.1 Å². The second kappa shape index (κ2) is 23.3. The number of nitrogens with one attached hydrogen (secondary N) is 3. The van der Waals surface area contributed by atoms with E-state index in [-0.39, 0.29) is 50.4 Å². The Morgan fingerprint density at radius 3 is 2.48 bits per heavy atom. The smallest absolute Gasteiger partial charge is 0.330 e. The highest BCUT2D eigenvalue weighted by atomic mass is 16.5. The van der Waals surface area contributed by atoms with Gasteiger partial charge in [0, 0.05) is 37.8 Å². The molecule has 1 unspecified atom stereocenters. The number of aromatic hydroxyl groups is 1. The van der Waals surface area contributed by atoms with Crippen molar-refractivity contribution in [3.8, 4) is 5.75 Å². The molecule has 1 saturated heterocycles. The molecular weight excluding hydrogens is 748 g/mol. The predicted molar refractivity (Wildman–Crippen MR) is 215 cm³/mol. The predicted octanol–water partition coefficient (Wildman–Crippen LogP) is 2.89. The van der Waals surface area contributed by atoms with Crippen molar-refractivity contribution in [2.24, 2.45) is 17.8 Å². The van der Waals surface area contributed by atoms with E-state index in [1.807, 2.05) is 0 Å². The molecule has 15 heteroatoms. The summed E-state index contributed by atoms with van der Waals surface area (Å²) in [5, 5.41) is 39.4. The summed E-state index contributed by atoms with van der Waals surface area (Å²) in [6.07, 6.45) is 8.10. The molecule has 3 amide bonds. The Morgan fingerprint density at radius 1 is 1.07 bits per heavy atom. The number of carbonyl (C=O) groups is 6. The van der Waals surface area contributed by atoms with Gasteiger partial charge in [-0.25, -0.2) is 10.2 Å². The van der Waals surface area contributed by atoms with Crippen molar-refractivity contribution < 1.29 is 53.6 Å². The number of fused-ring (bicyclic) bond motifs is 2. The van der Waals surface area contributed by atoms with Gasteiger partial charge in [0.05, 0.1) is 24.7 Å². The third-order valence-corrected chi connectivity index (χ3v) is 10.1. The molecule has 2 aliphatic rings. The molecule has 15 nitrogen and oxygen atoms in total. The number of amides is 3. The molecule has 0 aliphatic carbocycles. The van der Waals surface area contributed by atoms with Gasteiger partial charge in [-0.15, -0.1) is 0 Å². The van der Waals surface area contributed by atoms with Crippen LogP contribution in [0.2, 0.25) is 0 Å². The molecule has 0 spiro atoms. The van der Waals surface area contributed by atoms with E-state index in [4.69, 9.17) is 9.47 Å². The maximum absolute atomic E-state index is 14.3. The van der Waals surface area contributed by atoms with E-state index in [0.29, 0.717) is 24.0 Å². The Labute approximate surface area is 340 Å². The van der Waals surface area contributed by atoms with E-state index < -0.39 is 83.9 Å². The van der Waals surface area contributed by atoms with Crippen molar-refractivity contribution in [1.29, 1.82) is 0 Å². The Bertz CT molecular complexity index is 1720. The van der Waals surface area contributed by atoms with Crippen LogP contribution < -0.4 is 16.1 Å². The Kier molecular flexibility index (Phi) is 19.0. The van der Waals surface area contributed by atoms with Crippen LogP contribution in [0.1, 0.15) is 79.2 Å². The Hall–Kier alpha value is -5.12. The molecule has 0 radical (unpaired) electrons. The van der Waals surface area contributed by atoms with Crippen LogP contribution in [0.5, 0.6) is 5.75 Å². The highest BCUT2D eigenvalue weighted by Gasteiger charge is 2.38. The number of hydrogen-bond donors (Lipinski definition) is 6. The molecule has 2 bridgehead atoms. The van der Waals surface area contributed by atoms with Crippen LogP contribution in [0.3, 0.4) is 0 Å². The van der Waals surface area contributed by atoms with Crippen LogP contribution in [-0.2, 0) is 44.7 Å². The van der Waals surface area contributed by atoms with E-state index in [1.54, 1.807) is 71.1 Å².